The Morgan fingerprint density at radius 3 is 2.54 bits per heavy atom. The van der Waals surface area contributed by atoms with Crippen LogP contribution in [0.3, 0.4) is 0 Å². The molecule has 2 N–H and O–H groups in total. The zero-order valence-corrected chi connectivity index (χ0v) is 18.4. The average molecular weight is 498 g/mol. The molecular weight excluding hydrogens is 474 g/mol. The molecule has 0 bridgehead atoms. The van der Waals surface area contributed by atoms with Gasteiger partial charge >= 0.3 is 0 Å². The van der Waals surface area contributed by atoms with E-state index in [1.165, 1.54) is 18.2 Å². The van der Waals surface area contributed by atoms with E-state index in [0.717, 1.165) is 5.56 Å². The average Bonchev–Trinajstić information content (AvgIpc) is 2.70. The summed E-state index contributed by atoms with van der Waals surface area (Å²) in [6.45, 7) is 3.20. The number of ether oxygens (including phenoxy) is 2. The minimum absolute atomic E-state index is 0. The Labute approximate surface area is 181 Å². The van der Waals surface area contributed by atoms with Crippen molar-refractivity contribution in [2.45, 2.75) is 20.0 Å². The molecule has 0 amide bonds. The maximum Gasteiger partial charge on any atom is 0.191 e. The summed E-state index contributed by atoms with van der Waals surface area (Å²) in [5.41, 5.74) is 1.71. The summed E-state index contributed by atoms with van der Waals surface area (Å²) < 4.78 is 24.5. The van der Waals surface area contributed by atoms with Crippen LogP contribution in [0.1, 0.15) is 23.6 Å². The highest BCUT2D eigenvalue weighted by molar-refractivity contribution is 14.0. The molecule has 2 aromatic carbocycles. The van der Waals surface area contributed by atoms with Crippen LogP contribution in [0.15, 0.2) is 41.4 Å². The van der Waals surface area contributed by atoms with Crippen LogP contribution >= 0.6 is 24.0 Å². The van der Waals surface area contributed by atoms with E-state index >= 15 is 0 Å². The Bertz CT molecular complexity index is 853. The number of halogens is 2. The molecule has 0 spiro atoms. The summed E-state index contributed by atoms with van der Waals surface area (Å²) in [6, 6.07) is 11.8. The van der Waals surface area contributed by atoms with Gasteiger partial charge in [0.1, 0.15) is 17.3 Å². The van der Waals surface area contributed by atoms with Crippen molar-refractivity contribution >= 4 is 29.9 Å². The number of nitriles is 1. The van der Waals surface area contributed by atoms with Gasteiger partial charge in [0.05, 0.1) is 32.4 Å². The van der Waals surface area contributed by atoms with Crippen LogP contribution in [0, 0.1) is 17.1 Å². The quantitative estimate of drug-likeness (QED) is 0.347. The van der Waals surface area contributed by atoms with E-state index in [4.69, 9.17) is 14.7 Å². The number of rotatable bonds is 7. The maximum atomic E-state index is 13.9. The SMILES string of the molecule is CCNC(=NCc1cc(C#N)ccc1F)NCc1ccc(OC)cc1OC.I. The number of nitrogens with zero attached hydrogens (tertiary/aromatic N) is 2. The lowest BCUT2D eigenvalue weighted by atomic mass is 10.1. The van der Waals surface area contributed by atoms with Crippen LogP contribution in [0.5, 0.6) is 11.5 Å². The van der Waals surface area contributed by atoms with E-state index in [-0.39, 0.29) is 36.3 Å². The minimum Gasteiger partial charge on any atom is -0.497 e. The predicted octanol–water partition coefficient (Wildman–Crippen LogP) is 3.59. The van der Waals surface area contributed by atoms with Gasteiger partial charge in [0.2, 0.25) is 0 Å². The normalized spacial score (nSPS) is 10.5. The van der Waals surface area contributed by atoms with Crippen molar-refractivity contribution in [1.29, 1.82) is 5.26 Å². The zero-order valence-electron chi connectivity index (χ0n) is 16.1. The highest BCUT2D eigenvalue weighted by Crippen LogP contribution is 2.24. The van der Waals surface area contributed by atoms with E-state index in [9.17, 15) is 4.39 Å². The van der Waals surface area contributed by atoms with E-state index in [1.807, 2.05) is 31.2 Å². The Hall–Kier alpha value is -2.54. The Morgan fingerprint density at radius 1 is 1.11 bits per heavy atom. The number of nitrogens with one attached hydrogen (secondary N) is 2. The van der Waals surface area contributed by atoms with Gasteiger partial charge < -0.3 is 20.1 Å². The highest BCUT2D eigenvalue weighted by Gasteiger charge is 2.07. The summed E-state index contributed by atoms with van der Waals surface area (Å²) in [7, 11) is 3.20. The number of hydrogen-bond acceptors (Lipinski definition) is 4. The monoisotopic (exact) mass is 498 g/mol. The largest absolute Gasteiger partial charge is 0.497 e. The van der Waals surface area contributed by atoms with Crippen molar-refractivity contribution in [3.63, 3.8) is 0 Å². The second-order valence-electron chi connectivity index (χ2n) is 5.64. The van der Waals surface area contributed by atoms with E-state index in [1.54, 1.807) is 14.2 Å². The fourth-order valence-corrected chi connectivity index (χ4v) is 2.45. The van der Waals surface area contributed by atoms with Gasteiger partial charge in [0.25, 0.3) is 0 Å². The summed E-state index contributed by atoms with van der Waals surface area (Å²) in [4.78, 5) is 4.40. The molecule has 0 aromatic heterocycles. The standard InChI is InChI=1S/C20H23FN4O2.HI/c1-4-23-20(25-13-16-9-14(11-22)5-8-18(16)21)24-12-15-6-7-17(26-2)10-19(15)27-3;/h5-10H,4,12-13H2,1-3H3,(H2,23,24,25);1H. The molecule has 0 unspecified atom stereocenters. The first-order valence-corrected chi connectivity index (χ1v) is 8.52. The molecule has 2 rings (SSSR count). The van der Waals surface area contributed by atoms with Gasteiger partial charge in [-0.25, -0.2) is 9.38 Å². The first-order chi connectivity index (χ1) is 13.1. The summed E-state index contributed by atoms with van der Waals surface area (Å²) in [5.74, 6) is 1.57. The molecular formula is C20H24FIN4O2. The van der Waals surface area contributed by atoms with E-state index < -0.39 is 0 Å². The number of guanidine groups is 1. The molecule has 0 saturated heterocycles. The first kappa shape index (κ1) is 23.5. The molecule has 8 heteroatoms. The molecule has 0 aliphatic heterocycles. The van der Waals surface area contributed by atoms with Crippen LogP contribution in [0.2, 0.25) is 0 Å². The third-order valence-electron chi connectivity index (χ3n) is 3.87. The Balaban J connectivity index is 0.00000392. The van der Waals surface area contributed by atoms with Crippen molar-refractivity contribution in [3.8, 4) is 17.6 Å². The third-order valence-corrected chi connectivity index (χ3v) is 3.87. The molecule has 6 nitrogen and oxygen atoms in total. The topological polar surface area (TPSA) is 78.7 Å². The van der Waals surface area contributed by atoms with Gasteiger partial charge in [0, 0.05) is 30.3 Å². The van der Waals surface area contributed by atoms with Crippen LogP contribution in [-0.4, -0.2) is 26.7 Å². The molecule has 0 radical (unpaired) electrons. The molecule has 150 valence electrons. The molecule has 0 saturated carbocycles. The fourth-order valence-electron chi connectivity index (χ4n) is 2.45. The Kier molecular flexibility index (Phi) is 10.1. The predicted molar refractivity (Wildman–Crippen MR) is 118 cm³/mol. The van der Waals surface area contributed by atoms with Gasteiger partial charge in [-0.3, -0.25) is 0 Å². The van der Waals surface area contributed by atoms with Crippen molar-refractivity contribution in [2.24, 2.45) is 4.99 Å². The minimum atomic E-state index is -0.384. The van der Waals surface area contributed by atoms with E-state index in [2.05, 4.69) is 15.6 Å². The zero-order chi connectivity index (χ0) is 19.6. The molecule has 28 heavy (non-hydrogen) atoms. The molecule has 2 aromatic rings. The number of methoxy groups -OCH3 is 2. The molecule has 0 fully saturated rings. The molecule has 0 aliphatic rings. The van der Waals surface area contributed by atoms with Gasteiger partial charge in [-0.1, -0.05) is 0 Å². The second kappa shape index (κ2) is 12.0. The van der Waals surface area contributed by atoms with Crippen molar-refractivity contribution in [1.82, 2.24) is 10.6 Å². The first-order valence-electron chi connectivity index (χ1n) is 8.52. The van der Waals surface area contributed by atoms with Crippen LogP contribution in [0.25, 0.3) is 0 Å². The number of aliphatic imine (C=N–C) groups is 1. The maximum absolute atomic E-state index is 13.9. The summed E-state index contributed by atoms with van der Waals surface area (Å²) in [5, 5.41) is 15.3. The smallest absolute Gasteiger partial charge is 0.191 e. The lowest BCUT2D eigenvalue weighted by Gasteiger charge is -2.14. The number of benzene rings is 2. The highest BCUT2D eigenvalue weighted by atomic mass is 127. The van der Waals surface area contributed by atoms with Crippen LogP contribution < -0.4 is 20.1 Å². The molecule has 0 aliphatic carbocycles. The lowest BCUT2D eigenvalue weighted by molar-refractivity contribution is 0.390. The van der Waals surface area contributed by atoms with Gasteiger partial charge in [0.15, 0.2) is 5.96 Å². The summed E-state index contributed by atoms with van der Waals surface area (Å²) >= 11 is 0. The van der Waals surface area contributed by atoms with Crippen molar-refractivity contribution in [3.05, 3.63) is 58.9 Å². The van der Waals surface area contributed by atoms with Gasteiger partial charge in [-0.2, -0.15) is 5.26 Å². The third kappa shape index (κ3) is 6.56. The Morgan fingerprint density at radius 2 is 1.89 bits per heavy atom. The van der Waals surface area contributed by atoms with Crippen LogP contribution in [0.4, 0.5) is 4.39 Å². The van der Waals surface area contributed by atoms with Gasteiger partial charge in [-0.05, 0) is 37.3 Å². The van der Waals surface area contributed by atoms with Crippen LogP contribution in [-0.2, 0) is 13.1 Å². The fraction of sp³-hybridized carbons (Fsp3) is 0.300. The van der Waals surface area contributed by atoms with Crippen molar-refractivity contribution in [2.75, 3.05) is 20.8 Å². The van der Waals surface area contributed by atoms with E-state index in [0.29, 0.717) is 41.7 Å². The lowest BCUT2D eigenvalue weighted by Crippen LogP contribution is -2.36. The van der Waals surface area contributed by atoms with Gasteiger partial charge in [-0.15, -0.1) is 24.0 Å². The summed E-state index contributed by atoms with van der Waals surface area (Å²) in [6.07, 6.45) is 0. The number of hydrogen-bond donors (Lipinski definition) is 2. The molecule has 0 atom stereocenters. The molecule has 0 heterocycles. The van der Waals surface area contributed by atoms with Crippen molar-refractivity contribution < 1.29 is 13.9 Å². The second-order valence-corrected chi connectivity index (χ2v) is 5.64.